The van der Waals surface area contributed by atoms with E-state index in [1.165, 1.54) is 0 Å². The Bertz CT molecular complexity index is 456. The maximum absolute atomic E-state index is 11.7. The van der Waals surface area contributed by atoms with Crippen molar-refractivity contribution in [3.05, 3.63) is 23.8 Å². The number of methoxy groups -OCH3 is 1. The van der Waals surface area contributed by atoms with E-state index in [9.17, 15) is 4.79 Å². The Kier molecular flexibility index (Phi) is 4.27. The second-order valence-corrected chi connectivity index (χ2v) is 4.83. The summed E-state index contributed by atoms with van der Waals surface area (Å²) in [5.41, 5.74) is 8.05. The minimum atomic E-state index is -0.0937. The van der Waals surface area contributed by atoms with E-state index in [-0.39, 0.29) is 5.91 Å². The molecule has 0 aliphatic heterocycles. The Balaban J connectivity index is 1.98. The lowest BCUT2D eigenvalue weighted by molar-refractivity contribution is 0.0329. The molecule has 1 aromatic carbocycles. The first-order chi connectivity index (χ1) is 9.13. The molecule has 0 spiro atoms. The lowest BCUT2D eigenvalue weighted by atomic mass is 9.89. The molecule has 0 unspecified atom stereocenters. The van der Waals surface area contributed by atoms with Crippen LogP contribution in [0.1, 0.15) is 30.1 Å². The van der Waals surface area contributed by atoms with Crippen molar-refractivity contribution < 1.29 is 9.53 Å². The van der Waals surface area contributed by atoms with Crippen LogP contribution in [0.4, 0.5) is 11.4 Å². The van der Waals surface area contributed by atoms with Gasteiger partial charge in [-0.25, -0.2) is 0 Å². The molecule has 0 saturated heterocycles. The maximum atomic E-state index is 11.7. The average Bonchev–Trinajstić information content (AvgIpc) is 2.35. The zero-order chi connectivity index (χ0) is 13.8. The van der Waals surface area contributed by atoms with Crippen LogP contribution in [0.25, 0.3) is 0 Å². The summed E-state index contributed by atoms with van der Waals surface area (Å²) in [6, 6.07) is 5.76. The Morgan fingerprint density at radius 1 is 1.47 bits per heavy atom. The SMILES string of the molecule is CCNC(=O)c1ccc(NC2CC(OC)C2)c(N)c1. The lowest BCUT2D eigenvalue weighted by Crippen LogP contribution is -2.40. The van der Waals surface area contributed by atoms with E-state index in [2.05, 4.69) is 10.6 Å². The highest BCUT2D eigenvalue weighted by Gasteiger charge is 2.29. The summed E-state index contributed by atoms with van der Waals surface area (Å²) in [7, 11) is 1.73. The van der Waals surface area contributed by atoms with Gasteiger partial charge in [0.25, 0.3) is 5.91 Å². The van der Waals surface area contributed by atoms with Crippen LogP contribution in [-0.2, 0) is 4.74 Å². The molecular formula is C14H21N3O2. The fourth-order valence-corrected chi connectivity index (χ4v) is 2.19. The smallest absolute Gasteiger partial charge is 0.251 e. The van der Waals surface area contributed by atoms with Crippen LogP contribution in [0.15, 0.2) is 18.2 Å². The van der Waals surface area contributed by atoms with Gasteiger partial charge in [-0.05, 0) is 38.0 Å². The van der Waals surface area contributed by atoms with Crippen molar-refractivity contribution >= 4 is 17.3 Å². The van der Waals surface area contributed by atoms with E-state index in [1.54, 1.807) is 19.2 Å². The van der Waals surface area contributed by atoms with Gasteiger partial charge in [0, 0.05) is 25.3 Å². The number of hydrogen-bond donors (Lipinski definition) is 3. The molecule has 0 heterocycles. The molecule has 104 valence electrons. The van der Waals surface area contributed by atoms with Gasteiger partial charge < -0.3 is 21.1 Å². The predicted molar refractivity (Wildman–Crippen MR) is 76.3 cm³/mol. The molecular weight excluding hydrogens is 242 g/mol. The zero-order valence-corrected chi connectivity index (χ0v) is 11.4. The third kappa shape index (κ3) is 3.17. The number of ether oxygens (including phenoxy) is 1. The van der Waals surface area contributed by atoms with Gasteiger partial charge in [0.05, 0.1) is 17.5 Å². The van der Waals surface area contributed by atoms with E-state index in [1.807, 2.05) is 13.0 Å². The van der Waals surface area contributed by atoms with E-state index >= 15 is 0 Å². The monoisotopic (exact) mass is 263 g/mol. The van der Waals surface area contributed by atoms with Crippen molar-refractivity contribution in [1.29, 1.82) is 0 Å². The van der Waals surface area contributed by atoms with Crippen LogP contribution in [0.3, 0.4) is 0 Å². The van der Waals surface area contributed by atoms with Crippen LogP contribution in [0, 0.1) is 0 Å². The molecule has 1 fully saturated rings. The number of anilines is 2. The normalized spacial score (nSPS) is 21.6. The van der Waals surface area contributed by atoms with E-state index in [4.69, 9.17) is 10.5 Å². The van der Waals surface area contributed by atoms with Crippen LogP contribution >= 0.6 is 0 Å². The summed E-state index contributed by atoms with van der Waals surface area (Å²) in [5, 5.41) is 6.13. The molecule has 1 aliphatic rings. The predicted octanol–water partition coefficient (Wildman–Crippen LogP) is 1.61. The summed E-state index contributed by atoms with van der Waals surface area (Å²) in [6.45, 7) is 2.50. The van der Waals surface area contributed by atoms with Gasteiger partial charge in [-0.1, -0.05) is 0 Å². The number of nitrogens with two attached hydrogens (primary N) is 1. The molecule has 2 rings (SSSR count). The van der Waals surface area contributed by atoms with Gasteiger partial charge in [0.15, 0.2) is 0 Å². The molecule has 1 amide bonds. The van der Waals surface area contributed by atoms with Crippen LogP contribution in [0.5, 0.6) is 0 Å². The van der Waals surface area contributed by atoms with Crippen LogP contribution in [-0.4, -0.2) is 31.7 Å². The topological polar surface area (TPSA) is 76.4 Å². The number of amides is 1. The second-order valence-electron chi connectivity index (χ2n) is 4.83. The molecule has 5 nitrogen and oxygen atoms in total. The largest absolute Gasteiger partial charge is 0.397 e. The van der Waals surface area contributed by atoms with Gasteiger partial charge in [-0.2, -0.15) is 0 Å². The highest BCUT2D eigenvalue weighted by molar-refractivity contribution is 5.96. The van der Waals surface area contributed by atoms with Gasteiger partial charge in [-0.15, -0.1) is 0 Å². The Labute approximate surface area is 113 Å². The number of nitrogen functional groups attached to an aromatic ring is 1. The van der Waals surface area contributed by atoms with Gasteiger partial charge in [0.2, 0.25) is 0 Å². The van der Waals surface area contributed by atoms with Crippen molar-refractivity contribution in [2.45, 2.75) is 31.9 Å². The standard InChI is InChI=1S/C14H21N3O2/c1-3-16-14(18)9-4-5-13(12(15)6-9)17-10-7-11(8-10)19-2/h4-6,10-11,17H,3,7-8,15H2,1-2H3,(H,16,18). The minimum Gasteiger partial charge on any atom is -0.397 e. The summed E-state index contributed by atoms with van der Waals surface area (Å²) < 4.78 is 5.24. The van der Waals surface area contributed by atoms with Gasteiger partial charge >= 0.3 is 0 Å². The molecule has 0 bridgehead atoms. The fraction of sp³-hybridized carbons (Fsp3) is 0.500. The first kappa shape index (κ1) is 13.7. The Hall–Kier alpha value is -1.75. The minimum absolute atomic E-state index is 0.0937. The number of hydrogen-bond acceptors (Lipinski definition) is 4. The third-order valence-corrected chi connectivity index (χ3v) is 3.44. The van der Waals surface area contributed by atoms with Crippen molar-refractivity contribution in [3.8, 4) is 0 Å². The maximum Gasteiger partial charge on any atom is 0.251 e. The van der Waals surface area contributed by atoms with Crippen LogP contribution < -0.4 is 16.4 Å². The Morgan fingerprint density at radius 2 is 2.21 bits per heavy atom. The molecule has 0 radical (unpaired) electrons. The molecule has 4 N–H and O–H groups in total. The molecule has 1 saturated carbocycles. The summed E-state index contributed by atoms with van der Waals surface area (Å²) in [6.07, 6.45) is 2.34. The third-order valence-electron chi connectivity index (χ3n) is 3.44. The number of rotatable bonds is 5. The fourth-order valence-electron chi connectivity index (χ4n) is 2.19. The van der Waals surface area contributed by atoms with Crippen LogP contribution in [0.2, 0.25) is 0 Å². The number of carbonyl (C=O) groups excluding carboxylic acids is 1. The lowest BCUT2D eigenvalue weighted by Gasteiger charge is -2.35. The second kappa shape index (κ2) is 5.93. The zero-order valence-electron chi connectivity index (χ0n) is 11.4. The van der Waals surface area contributed by atoms with Gasteiger partial charge in [-0.3, -0.25) is 4.79 Å². The molecule has 5 heteroatoms. The van der Waals surface area contributed by atoms with E-state index in [0.29, 0.717) is 29.9 Å². The van der Waals surface area contributed by atoms with Gasteiger partial charge in [0.1, 0.15) is 0 Å². The van der Waals surface area contributed by atoms with Crippen molar-refractivity contribution in [2.24, 2.45) is 0 Å². The van der Waals surface area contributed by atoms with E-state index < -0.39 is 0 Å². The summed E-state index contributed by atoms with van der Waals surface area (Å²) >= 11 is 0. The summed E-state index contributed by atoms with van der Waals surface area (Å²) in [4.78, 5) is 11.7. The first-order valence-electron chi connectivity index (χ1n) is 6.61. The molecule has 0 aromatic heterocycles. The van der Waals surface area contributed by atoms with Crippen molar-refractivity contribution in [2.75, 3.05) is 24.7 Å². The summed E-state index contributed by atoms with van der Waals surface area (Å²) in [5.74, 6) is -0.0937. The number of carbonyl (C=O) groups is 1. The molecule has 1 aromatic rings. The van der Waals surface area contributed by atoms with Crippen molar-refractivity contribution in [1.82, 2.24) is 5.32 Å². The highest BCUT2D eigenvalue weighted by atomic mass is 16.5. The average molecular weight is 263 g/mol. The quantitative estimate of drug-likeness (QED) is 0.705. The molecule has 1 aliphatic carbocycles. The number of nitrogens with one attached hydrogen (secondary N) is 2. The van der Waals surface area contributed by atoms with Crippen molar-refractivity contribution in [3.63, 3.8) is 0 Å². The number of benzene rings is 1. The first-order valence-corrected chi connectivity index (χ1v) is 6.61. The van der Waals surface area contributed by atoms with E-state index in [0.717, 1.165) is 18.5 Å². The Morgan fingerprint density at radius 3 is 2.79 bits per heavy atom. The molecule has 0 atom stereocenters. The highest BCUT2D eigenvalue weighted by Crippen LogP contribution is 2.29. The molecule has 19 heavy (non-hydrogen) atoms.